The van der Waals surface area contributed by atoms with E-state index in [1.165, 1.54) is 36.4 Å². The number of halogens is 2. The molecular formula is C32H30F2N6O4. The van der Waals surface area contributed by atoms with Gasteiger partial charge in [-0.3, -0.25) is 14.4 Å². The zero-order chi connectivity index (χ0) is 31.1. The largest absolute Gasteiger partial charge is 0.459 e. The van der Waals surface area contributed by atoms with Gasteiger partial charge >= 0.3 is 0 Å². The second-order valence-electron chi connectivity index (χ2n) is 11.1. The summed E-state index contributed by atoms with van der Waals surface area (Å²) >= 11 is 0. The molecule has 0 radical (unpaired) electrons. The van der Waals surface area contributed by atoms with Gasteiger partial charge in [-0.05, 0) is 57.2 Å². The molecule has 10 nitrogen and oxygen atoms in total. The number of nitrogens with zero attached hydrogens (tertiary/aromatic N) is 4. The molecule has 1 saturated heterocycles. The number of carbonyl (C=O) groups excluding carboxylic acids is 3. The van der Waals surface area contributed by atoms with Crippen LogP contribution < -0.4 is 10.6 Å². The van der Waals surface area contributed by atoms with Crippen LogP contribution in [0, 0.1) is 12.7 Å². The highest BCUT2D eigenvalue weighted by Gasteiger charge is 2.40. The van der Waals surface area contributed by atoms with E-state index in [1.807, 2.05) is 0 Å². The number of amides is 2. The number of aryl methyl sites for hydroxylation is 1. The van der Waals surface area contributed by atoms with E-state index in [9.17, 15) is 23.2 Å². The summed E-state index contributed by atoms with van der Waals surface area (Å²) in [5, 5.41) is 7.28. The molecule has 12 heteroatoms. The fraction of sp³-hybridized carbons (Fsp3) is 0.281. The first-order chi connectivity index (χ1) is 21.1. The maximum atomic E-state index is 14.7. The van der Waals surface area contributed by atoms with Crippen LogP contribution in [0.5, 0.6) is 0 Å². The van der Waals surface area contributed by atoms with Gasteiger partial charge in [-0.25, -0.2) is 18.7 Å². The quantitative estimate of drug-likeness (QED) is 0.229. The minimum absolute atomic E-state index is 0.141. The fourth-order valence-corrected chi connectivity index (χ4v) is 5.86. The molecule has 44 heavy (non-hydrogen) atoms. The number of anilines is 2. The van der Waals surface area contributed by atoms with Gasteiger partial charge in [0.15, 0.2) is 5.78 Å². The first kappa shape index (κ1) is 29.0. The van der Waals surface area contributed by atoms with E-state index >= 15 is 0 Å². The number of furan rings is 1. The van der Waals surface area contributed by atoms with Gasteiger partial charge in [-0.1, -0.05) is 0 Å². The smallest absolute Gasteiger partial charge is 0.243 e. The summed E-state index contributed by atoms with van der Waals surface area (Å²) in [4.78, 5) is 48.7. The second-order valence-corrected chi connectivity index (χ2v) is 11.1. The van der Waals surface area contributed by atoms with Crippen molar-refractivity contribution in [3.63, 3.8) is 0 Å². The molecule has 0 saturated carbocycles. The van der Waals surface area contributed by atoms with E-state index in [-0.39, 0.29) is 25.3 Å². The van der Waals surface area contributed by atoms with Crippen molar-refractivity contribution in [3.8, 4) is 0 Å². The van der Waals surface area contributed by atoms with Crippen LogP contribution in [0.25, 0.3) is 21.9 Å². The number of carbonyl (C=O) groups is 3. The van der Waals surface area contributed by atoms with Crippen LogP contribution in [0.2, 0.25) is 0 Å². The summed E-state index contributed by atoms with van der Waals surface area (Å²) in [5.74, 6) is -1.09. The molecule has 3 atom stereocenters. The van der Waals surface area contributed by atoms with E-state index in [1.54, 1.807) is 55.2 Å². The van der Waals surface area contributed by atoms with Gasteiger partial charge in [-0.15, -0.1) is 0 Å². The first-order valence-electron chi connectivity index (χ1n) is 14.2. The molecule has 0 aliphatic carbocycles. The van der Waals surface area contributed by atoms with Gasteiger partial charge in [-0.2, -0.15) is 0 Å². The lowest BCUT2D eigenvalue weighted by Crippen LogP contribution is -2.47. The number of fused-ring (bicyclic) bond motifs is 2. The molecule has 2 amide bonds. The number of hydrogen-bond acceptors (Lipinski definition) is 7. The summed E-state index contributed by atoms with van der Waals surface area (Å²) < 4.78 is 36.0. The third kappa shape index (κ3) is 5.50. The van der Waals surface area contributed by atoms with Crippen molar-refractivity contribution >= 4 is 50.8 Å². The predicted molar refractivity (Wildman–Crippen MR) is 160 cm³/mol. The number of Topliss-reactive ketones (excluding diaryl/α,β-unsaturated/α-hetero) is 1. The van der Waals surface area contributed by atoms with Gasteiger partial charge in [0.25, 0.3) is 0 Å². The molecule has 5 aromatic rings. The van der Waals surface area contributed by atoms with Gasteiger partial charge in [0.05, 0.1) is 30.7 Å². The van der Waals surface area contributed by atoms with Crippen LogP contribution in [0.15, 0.2) is 65.7 Å². The Morgan fingerprint density at radius 1 is 1.09 bits per heavy atom. The predicted octanol–water partition coefficient (Wildman–Crippen LogP) is 5.39. The van der Waals surface area contributed by atoms with E-state index < -0.39 is 35.9 Å². The summed E-state index contributed by atoms with van der Waals surface area (Å²) in [5.41, 5.74) is 3.61. The Kier molecular flexibility index (Phi) is 7.58. The minimum Gasteiger partial charge on any atom is -0.459 e. The van der Waals surface area contributed by atoms with Crippen LogP contribution in [-0.2, 0) is 16.1 Å². The molecule has 0 bridgehead atoms. The Morgan fingerprint density at radius 2 is 1.86 bits per heavy atom. The Morgan fingerprint density at radius 3 is 2.61 bits per heavy atom. The van der Waals surface area contributed by atoms with Crippen molar-refractivity contribution in [2.45, 2.75) is 52.0 Å². The van der Waals surface area contributed by atoms with E-state index in [2.05, 4.69) is 20.6 Å². The number of rotatable bonds is 8. The highest BCUT2D eigenvalue weighted by Crippen LogP contribution is 2.31. The Hall–Kier alpha value is -5.13. The van der Waals surface area contributed by atoms with Gasteiger partial charge in [0, 0.05) is 45.7 Å². The lowest BCUT2D eigenvalue weighted by atomic mass is 10.1. The zero-order valence-corrected chi connectivity index (χ0v) is 24.3. The van der Waals surface area contributed by atoms with Crippen molar-refractivity contribution in [2.24, 2.45) is 0 Å². The average molecular weight is 601 g/mol. The van der Waals surface area contributed by atoms with E-state index in [4.69, 9.17) is 4.42 Å². The molecule has 2 aromatic carbocycles. The third-order valence-electron chi connectivity index (χ3n) is 7.98. The normalized spacial score (nSPS) is 17.2. The van der Waals surface area contributed by atoms with Gasteiger partial charge in [0.2, 0.25) is 11.8 Å². The molecule has 1 fully saturated rings. The van der Waals surface area contributed by atoms with Crippen LogP contribution in [0.3, 0.4) is 0 Å². The van der Waals surface area contributed by atoms with E-state index in [0.717, 1.165) is 0 Å². The Labute approximate surface area is 251 Å². The minimum atomic E-state index is -1.37. The second kappa shape index (κ2) is 11.5. The van der Waals surface area contributed by atoms with Crippen LogP contribution in [0.4, 0.5) is 20.2 Å². The number of benzene rings is 2. The summed E-state index contributed by atoms with van der Waals surface area (Å²) in [7, 11) is 0. The molecule has 226 valence electrons. The maximum absolute atomic E-state index is 14.7. The fourth-order valence-electron chi connectivity index (χ4n) is 5.86. The third-order valence-corrected chi connectivity index (χ3v) is 7.98. The maximum Gasteiger partial charge on any atom is 0.243 e. The molecule has 0 spiro atoms. The Bertz CT molecular complexity index is 1900. The highest BCUT2D eigenvalue weighted by atomic mass is 19.1. The number of alkyl halides is 1. The lowest BCUT2D eigenvalue weighted by Gasteiger charge is -2.25. The highest BCUT2D eigenvalue weighted by molar-refractivity contribution is 6.08. The van der Waals surface area contributed by atoms with Crippen LogP contribution in [0.1, 0.15) is 48.0 Å². The monoisotopic (exact) mass is 600 g/mol. The lowest BCUT2D eigenvalue weighted by molar-refractivity contribution is -0.139. The van der Waals surface area contributed by atoms with Gasteiger partial charge in [0.1, 0.15) is 42.2 Å². The number of hydrogen-bond donors (Lipinski definition) is 2. The van der Waals surface area contributed by atoms with Crippen molar-refractivity contribution in [1.29, 1.82) is 0 Å². The molecule has 4 heterocycles. The topological polar surface area (TPSA) is 122 Å². The summed E-state index contributed by atoms with van der Waals surface area (Å²) in [6.07, 6.45) is 4.75. The molecule has 3 unspecified atom stereocenters. The number of likely N-dealkylation sites (tertiary alicyclic amines) is 1. The van der Waals surface area contributed by atoms with Crippen molar-refractivity contribution in [3.05, 3.63) is 84.0 Å². The zero-order valence-electron chi connectivity index (χ0n) is 24.3. The number of nitrogens with one attached hydrogen (secondary N) is 2. The Balaban J connectivity index is 1.21. The molecule has 1 aliphatic rings. The van der Waals surface area contributed by atoms with E-state index in [0.29, 0.717) is 50.1 Å². The summed E-state index contributed by atoms with van der Waals surface area (Å²) in [6, 6.07) is 7.96. The van der Waals surface area contributed by atoms with Crippen molar-refractivity contribution in [2.75, 3.05) is 11.9 Å². The van der Waals surface area contributed by atoms with Crippen LogP contribution in [-0.4, -0.2) is 55.8 Å². The van der Waals surface area contributed by atoms with Crippen molar-refractivity contribution < 1.29 is 27.6 Å². The molecule has 2 N–H and O–H groups in total. The molecular weight excluding hydrogens is 570 g/mol. The van der Waals surface area contributed by atoms with Gasteiger partial charge < -0.3 is 24.5 Å². The number of ketones is 1. The average Bonchev–Trinajstić information content (AvgIpc) is 3.67. The molecule has 3 aromatic heterocycles. The molecule has 1 aliphatic heterocycles. The number of aromatic nitrogens is 3. The summed E-state index contributed by atoms with van der Waals surface area (Å²) in [6.45, 7) is 4.53. The van der Waals surface area contributed by atoms with Crippen LogP contribution >= 0.6 is 0 Å². The van der Waals surface area contributed by atoms with Crippen molar-refractivity contribution in [1.82, 2.24) is 24.8 Å². The molecule has 6 rings (SSSR count). The standard InChI is InChI=1S/C32H30F2N6O4/c1-17-24-8-20(33)4-7-29(24)44-31(17)18(2)37-32(43)28-9-21(34)13-40(28)30(42)15-39-14-26(19(3)41)25-10-22(5-6-27(25)39)38-23-11-35-16-36-12-23/h4-8,10-12,14,16,18,21,28,38H,9,13,15H2,1-3H3,(H,37,43). The SMILES string of the molecule is CC(=O)c1cn(CC(=O)N2CC(F)CC2C(=O)NC(C)c2oc3ccc(F)cc3c2C)c2ccc(Nc3cncnc3)cc12. The first-order valence-corrected chi connectivity index (χ1v) is 14.2.